The second-order valence-corrected chi connectivity index (χ2v) is 15.4. The molecule has 7 aromatic carbocycles. The van der Waals surface area contributed by atoms with Crippen molar-refractivity contribution in [3.8, 4) is 39.1 Å². The van der Waals surface area contributed by atoms with Gasteiger partial charge in [-0.3, -0.25) is 0 Å². The van der Waals surface area contributed by atoms with Gasteiger partial charge in [0.25, 0.3) is 0 Å². The monoisotopic (exact) mass is 739 g/mol. The van der Waals surface area contributed by atoms with Gasteiger partial charge in [-0.1, -0.05) is 133 Å². The number of anilines is 3. The highest BCUT2D eigenvalue weighted by Crippen LogP contribution is 2.62. The Balaban J connectivity index is 1.26. The Kier molecular flexibility index (Phi) is 8.42. The van der Waals surface area contributed by atoms with Gasteiger partial charge in [0.05, 0.1) is 11.1 Å². The van der Waals surface area contributed by atoms with Crippen LogP contribution in [0.4, 0.5) is 17.1 Å². The van der Waals surface area contributed by atoms with Crippen molar-refractivity contribution in [2.45, 2.75) is 37.0 Å². The maximum absolute atomic E-state index is 6.66. The standard InChI is InChI=1S/C53H41NOS/c1-3-15-46-35(2)55-51-24-13-11-22-47(51)53(46)48-33-39-19-8-7-18-38(39)32-45(48)44-31-30-41(34-49(44)53)54(50-23-12-9-20-42(50)36-16-5-4-6-17-36)40-28-26-37(27-29-40)43-21-10-14-25-52(43)56/h3-6,8-17,19-34,56H,7,18H2,1-2H3/b15-3-. The van der Waals surface area contributed by atoms with E-state index in [2.05, 4.69) is 189 Å². The van der Waals surface area contributed by atoms with E-state index in [1.165, 1.54) is 50.1 Å². The minimum absolute atomic E-state index is 0.586. The molecular formula is C53H41NOS. The van der Waals surface area contributed by atoms with Gasteiger partial charge in [0.1, 0.15) is 11.5 Å². The van der Waals surface area contributed by atoms with E-state index < -0.39 is 5.41 Å². The fourth-order valence-electron chi connectivity index (χ4n) is 9.33. The molecule has 2 aliphatic carbocycles. The van der Waals surface area contributed by atoms with Gasteiger partial charge in [-0.05, 0) is 125 Å². The van der Waals surface area contributed by atoms with E-state index in [-0.39, 0.29) is 0 Å². The minimum atomic E-state index is -0.586. The van der Waals surface area contributed by atoms with Gasteiger partial charge in [-0.15, -0.1) is 12.6 Å². The minimum Gasteiger partial charge on any atom is -0.461 e. The van der Waals surface area contributed by atoms with Crippen molar-refractivity contribution in [3.05, 3.63) is 215 Å². The molecule has 0 N–H and O–H groups in total. The molecule has 7 aromatic rings. The van der Waals surface area contributed by atoms with Crippen LogP contribution in [0, 0.1) is 0 Å². The van der Waals surface area contributed by atoms with Gasteiger partial charge in [0.2, 0.25) is 0 Å². The third kappa shape index (κ3) is 5.33. The molecule has 1 aliphatic heterocycles. The summed E-state index contributed by atoms with van der Waals surface area (Å²) in [5.41, 5.74) is 17.5. The van der Waals surface area contributed by atoms with Crippen LogP contribution < -0.4 is 9.64 Å². The SMILES string of the molecule is C/C=C\C1=C(C)Oc2ccccc2C12c1cc(N(c3ccc(-c4ccccc4S)cc3)c3ccccc3-c3ccccc3)ccc1-c1cc3c(cc12)C=CCC3. The Labute approximate surface area is 335 Å². The fraction of sp³-hybridized carbons (Fsp3) is 0.0943. The predicted octanol–water partition coefficient (Wildman–Crippen LogP) is 14.3. The Bertz CT molecular complexity index is 2760. The number of allylic oxidation sites excluding steroid dienone is 5. The second kappa shape index (κ2) is 13.8. The molecule has 0 radical (unpaired) electrons. The average molecular weight is 740 g/mol. The van der Waals surface area contributed by atoms with E-state index in [1.807, 2.05) is 12.1 Å². The molecular weight excluding hydrogens is 699 g/mol. The van der Waals surface area contributed by atoms with Crippen molar-refractivity contribution in [1.29, 1.82) is 0 Å². The van der Waals surface area contributed by atoms with Crippen molar-refractivity contribution >= 4 is 35.8 Å². The van der Waals surface area contributed by atoms with E-state index in [0.29, 0.717) is 0 Å². The van der Waals surface area contributed by atoms with Gasteiger partial charge < -0.3 is 9.64 Å². The lowest BCUT2D eigenvalue weighted by atomic mass is 9.65. The topological polar surface area (TPSA) is 12.5 Å². The van der Waals surface area contributed by atoms with Crippen molar-refractivity contribution in [3.63, 3.8) is 0 Å². The smallest absolute Gasteiger partial charge is 0.131 e. The average Bonchev–Trinajstić information content (AvgIpc) is 3.51. The van der Waals surface area contributed by atoms with Crippen LogP contribution in [0.25, 0.3) is 39.5 Å². The summed E-state index contributed by atoms with van der Waals surface area (Å²) in [6, 6.07) is 57.4. The molecule has 1 heterocycles. The van der Waals surface area contributed by atoms with E-state index >= 15 is 0 Å². The maximum atomic E-state index is 6.66. The lowest BCUT2D eigenvalue weighted by Crippen LogP contribution is -2.34. The third-order valence-electron chi connectivity index (χ3n) is 11.8. The van der Waals surface area contributed by atoms with Gasteiger partial charge in [0, 0.05) is 33.0 Å². The summed E-state index contributed by atoms with van der Waals surface area (Å²) in [6.45, 7) is 4.23. The molecule has 3 heteroatoms. The number of hydrogen-bond donors (Lipinski definition) is 1. The first-order chi connectivity index (χ1) is 27.6. The van der Waals surface area contributed by atoms with Gasteiger partial charge >= 0.3 is 0 Å². The molecule has 0 saturated carbocycles. The zero-order chi connectivity index (χ0) is 37.8. The highest BCUT2D eigenvalue weighted by atomic mass is 32.1. The van der Waals surface area contributed by atoms with Crippen molar-refractivity contribution in [1.82, 2.24) is 0 Å². The first-order valence-electron chi connectivity index (χ1n) is 19.5. The predicted molar refractivity (Wildman–Crippen MR) is 237 cm³/mol. The first kappa shape index (κ1) is 34.2. The summed E-state index contributed by atoms with van der Waals surface area (Å²) >= 11 is 4.80. The number of fused-ring (bicyclic) bond motifs is 8. The van der Waals surface area contributed by atoms with Gasteiger partial charge in [-0.25, -0.2) is 0 Å². The quantitative estimate of drug-likeness (QED) is 0.171. The third-order valence-corrected chi connectivity index (χ3v) is 12.1. The van der Waals surface area contributed by atoms with Crippen LogP contribution in [0.5, 0.6) is 5.75 Å². The van der Waals surface area contributed by atoms with Gasteiger partial charge in [-0.2, -0.15) is 0 Å². The lowest BCUT2D eigenvalue weighted by Gasteiger charge is -2.40. The number of benzene rings is 7. The summed E-state index contributed by atoms with van der Waals surface area (Å²) in [7, 11) is 0. The normalized spacial score (nSPS) is 16.3. The Morgan fingerprint density at radius 3 is 2.14 bits per heavy atom. The van der Waals surface area contributed by atoms with Crippen LogP contribution in [-0.2, 0) is 11.8 Å². The molecule has 3 aliphatic rings. The number of rotatable bonds is 6. The van der Waals surface area contributed by atoms with E-state index in [4.69, 9.17) is 17.4 Å². The van der Waals surface area contributed by atoms with Crippen molar-refractivity contribution in [2.75, 3.05) is 4.90 Å². The Morgan fingerprint density at radius 2 is 1.32 bits per heavy atom. The number of ether oxygens (including phenoxy) is 1. The molecule has 0 bridgehead atoms. The molecule has 1 unspecified atom stereocenters. The highest BCUT2D eigenvalue weighted by Gasteiger charge is 2.51. The van der Waals surface area contributed by atoms with E-state index in [1.54, 1.807) is 0 Å². The maximum Gasteiger partial charge on any atom is 0.131 e. The van der Waals surface area contributed by atoms with Crippen LogP contribution in [0.2, 0.25) is 0 Å². The molecule has 0 fully saturated rings. The van der Waals surface area contributed by atoms with E-state index in [0.717, 1.165) is 63.0 Å². The van der Waals surface area contributed by atoms with Crippen molar-refractivity contribution in [2.24, 2.45) is 0 Å². The number of para-hydroxylation sites is 2. The number of thiol groups is 1. The zero-order valence-electron chi connectivity index (χ0n) is 31.5. The van der Waals surface area contributed by atoms with Crippen LogP contribution >= 0.6 is 12.6 Å². The summed E-state index contributed by atoms with van der Waals surface area (Å²) < 4.78 is 6.66. The number of aryl methyl sites for hydroxylation is 1. The summed E-state index contributed by atoms with van der Waals surface area (Å²) in [4.78, 5) is 3.39. The zero-order valence-corrected chi connectivity index (χ0v) is 32.4. The van der Waals surface area contributed by atoms with Crippen molar-refractivity contribution < 1.29 is 4.74 Å². The largest absolute Gasteiger partial charge is 0.461 e. The lowest BCUT2D eigenvalue weighted by molar-refractivity contribution is 0.387. The second-order valence-electron chi connectivity index (χ2n) is 14.9. The molecule has 56 heavy (non-hydrogen) atoms. The molecule has 1 spiro atoms. The molecule has 10 rings (SSSR count). The summed E-state index contributed by atoms with van der Waals surface area (Å²) in [5.74, 6) is 1.83. The molecule has 2 nitrogen and oxygen atoms in total. The fourth-order valence-corrected chi connectivity index (χ4v) is 9.62. The number of nitrogens with zero attached hydrogens (tertiary/aromatic N) is 1. The molecule has 1 atom stereocenters. The van der Waals surface area contributed by atoms with Crippen LogP contribution in [0.3, 0.4) is 0 Å². The molecule has 270 valence electrons. The molecule has 0 saturated heterocycles. The number of hydrogen-bond acceptors (Lipinski definition) is 3. The molecule has 0 aromatic heterocycles. The van der Waals surface area contributed by atoms with Gasteiger partial charge in [0.15, 0.2) is 0 Å². The first-order valence-corrected chi connectivity index (χ1v) is 19.9. The van der Waals surface area contributed by atoms with E-state index in [9.17, 15) is 0 Å². The van der Waals surface area contributed by atoms with Crippen LogP contribution in [0.1, 0.15) is 48.1 Å². The summed E-state index contributed by atoms with van der Waals surface area (Å²) in [6.07, 6.45) is 11.2. The Hall–Kier alpha value is -6.29. The highest BCUT2D eigenvalue weighted by molar-refractivity contribution is 7.80. The van der Waals surface area contributed by atoms with Crippen LogP contribution in [0.15, 0.2) is 192 Å². The Morgan fingerprint density at radius 1 is 0.625 bits per heavy atom. The molecule has 0 amide bonds. The van der Waals surface area contributed by atoms with Crippen LogP contribution in [-0.4, -0.2) is 0 Å². The summed E-state index contributed by atoms with van der Waals surface area (Å²) in [5, 5.41) is 0.